The molecule has 2 heterocycles. The predicted octanol–water partition coefficient (Wildman–Crippen LogP) is -0.861. The van der Waals surface area contributed by atoms with Crippen molar-refractivity contribution in [3.8, 4) is 6.07 Å². The number of thioether (sulfide) groups is 1. The number of hydrogen-bond donors (Lipinski definition) is 1. The molecule has 0 radical (unpaired) electrons. The number of carbonyl (C=O) groups excluding carboxylic acids is 4. The van der Waals surface area contributed by atoms with Crippen LogP contribution in [-0.2, 0) is 19.1 Å². The summed E-state index contributed by atoms with van der Waals surface area (Å²) in [6.45, 7) is 0.950. The maximum Gasteiger partial charge on any atom is 0.302 e. The van der Waals surface area contributed by atoms with E-state index in [4.69, 9.17) is 10.00 Å². The van der Waals surface area contributed by atoms with E-state index in [9.17, 15) is 24.3 Å². The van der Waals surface area contributed by atoms with E-state index in [1.54, 1.807) is 0 Å². The van der Waals surface area contributed by atoms with Gasteiger partial charge in [-0.05, 0) is 24.3 Å². The van der Waals surface area contributed by atoms with E-state index in [2.05, 4.69) is 5.32 Å². The molecule has 2 atom stereocenters. The second-order valence-electron chi connectivity index (χ2n) is 6.07. The third-order valence-electron chi connectivity index (χ3n) is 4.25. The van der Waals surface area contributed by atoms with Gasteiger partial charge in [-0.1, -0.05) is 0 Å². The first-order valence-corrected chi connectivity index (χ1v) is 9.20. The number of carbonyl (C=O) groups is 4. The maximum atomic E-state index is 12.5. The van der Waals surface area contributed by atoms with Crippen LogP contribution in [0.4, 0.5) is 0 Å². The number of carboxylic acid groups (broad SMARTS) is 1. The van der Waals surface area contributed by atoms with Gasteiger partial charge in [0.2, 0.25) is 0 Å². The molecule has 0 spiro atoms. The van der Waals surface area contributed by atoms with Crippen LogP contribution in [0.2, 0.25) is 0 Å². The van der Waals surface area contributed by atoms with Crippen LogP contribution in [0, 0.1) is 11.3 Å². The fourth-order valence-electron chi connectivity index (χ4n) is 2.89. The van der Waals surface area contributed by atoms with Crippen LogP contribution in [0.1, 0.15) is 22.8 Å². The molecule has 2 aliphatic rings. The number of aliphatic carboxylic acids is 1. The fraction of sp³-hybridized carbons (Fsp3) is 0.278. The molecule has 0 saturated carbocycles. The number of nitriles is 1. The zero-order valence-corrected chi connectivity index (χ0v) is 15.4. The van der Waals surface area contributed by atoms with Crippen molar-refractivity contribution < 1.29 is 29.0 Å². The highest BCUT2D eigenvalue weighted by Crippen LogP contribution is 2.40. The largest absolute Gasteiger partial charge is 0.543 e. The van der Waals surface area contributed by atoms with Crippen molar-refractivity contribution in [1.29, 1.82) is 5.26 Å². The van der Waals surface area contributed by atoms with Gasteiger partial charge in [-0.3, -0.25) is 19.3 Å². The van der Waals surface area contributed by atoms with Gasteiger partial charge in [0, 0.05) is 23.8 Å². The number of ether oxygens (including phenoxy) is 1. The molecule has 1 N–H and O–H groups in total. The Morgan fingerprint density at radius 3 is 2.61 bits per heavy atom. The van der Waals surface area contributed by atoms with E-state index in [1.807, 2.05) is 6.07 Å². The maximum absolute atomic E-state index is 12.5. The number of β-lactam (4-membered cyclic amide) rings is 1. The lowest BCUT2D eigenvalue weighted by atomic mass is 10.0. The Labute approximate surface area is 163 Å². The van der Waals surface area contributed by atoms with E-state index in [1.165, 1.54) is 43.0 Å². The van der Waals surface area contributed by atoms with Crippen molar-refractivity contribution in [3.63, 3.8) is 0 Å². The van der Waals surface area contributed by atoms with Gasteiger partial charge in [0.05, 0.1) is 23.3 Å². The van der Waals surface area contributed by atoms with Gasteiger partial charge in [-0.15, -0.1) is 11.8 Å². The standard InChI is InChI=1S/C18H15N3O6S/c1-9(22)27-7-12-8-28-17-13(16(24)21(17)14(12)18(25)26)20-15(23)11-4-2-10(6-19)3-5-11/h2-5,13,17H,7-8H2,1H3,(H,20,23)(H,25,26)/p-1/t13-,17+/m0/s1. The van der Waals surface area contributed by atoms with Crippen molar-refractivity contribution in [2.45, 2.75) is 18.3 Å². The van der Waals surface area contributed by atoms with Crippen molar-refractivity contribution in [2.24, 2.45) is 0 Å². The average molecular weight is 400 g/mol. The quantitative estimate of drug-likeness (QED) is 0.497. The normalized spacial score (nSPS) is 20.6. The predicted molar refractivity (Wildman–Crippen MR) is 94.2 cm³/mol. The Morgan fingerprint density at radius 1 is 1.36 bits per heavy atom. The number of esters is 1. The molecular formula is C18H14N3O6S-. The summed E-state index contributed by atoms with van der Waals surface area (Å²) in [5, 5.41) is 22.3. The number of amides is 2. The van der Waals surface area contributed by atoms with Crippen LogP contribution in [0.15, 0.2) is 35.5 Å². The molecule has 144 valence electrons. The van der Waals surface area contributed by atoms with Crippen LogP contribution in [0.3, 0.4) is 0 Å². The minimum atomic E-state index is -1.54. The summed E-state index contributed by atoms with van der Waals surface area (Å²) in [7, 11) is 0. The van der Waals surface area contributed by atoms with Crippen LogP contribution in [0.25, 0.3) is 0 Å². The minimum Gasteiger partial charge on any atom is -0.543 e. The van der Waals surface area contributed by atoms with Gasteiger partial charge in [0.25, 0.3) is 11.8 Å². The molecular weight excluding hydrogens is 386 g/mol. The molecule has 28 heavy (non-hydrogen) atoms. The molecule has 0 bridgehead atoms. The highest BCUT2D eigenvalue weighted by atomic mass is 32.2. The summed E-state index contributed by atoms with van der Waals surface area (Å²) in [6, 6.07) is 6.95. The Bertz CT molecular complexity index is 934. The smallest absolute Gasteiger partial charge is 0.302 e. The molecule has 0 unspecified atom stereocenters. The van der Waals surface area contributed by atoms with E-state index < -0.39 is 35.2 Å². The van der Waals surface area contributed by atoms with Gasteiger partial charge in [-0.25, -0.2) is 0 Å². The number of fused-ring (bicyclic) bond motifs is 1. The molecule has 3 rings (SSSR count). The molecule has 2 amide bonds. The summed E-state index contributed by atoms with van der Waals surface area (Å²) in [5.74, 6) is -2.99. The third-order valence-corrected chi connectivity index (χ3v) is 5.59. The molecule has 10 heteroatoms. The fourth-order valence-corrected chi connectivity index (χ4v) is 4.22. The Morgan fingerprint density at radius 2 is 2.04 bits per heavy atom. The molecule has 1 aromatic carbocycles. The molecule has 1 aromatic rings. The van der Waals surface area contributed by atoms with Crippen molar-refractivity contribution >= 4 is 35.5 Å². The van der Waals surface area contributed by atoms with Gasteiger partial charge < -0.3 is 20.0 Å². The van der Waals surface area contributed by atoms with Gasteiger partial charge in [-0.2, -0.15) is 5.26 Å². The number of nitrogens with zero attached hydrogens (tertiary/aromatic N) is 2. The van der Waals surface area contributed by atoms with Crippen LogP contribution >= 0.6 is 11.8 Å². The van der Waals surface area contributed by atoms with Crippen molar-refractivity contribution in [2.75, 3.05) is 12.4 Å². The highest BCUT2D eigenvalue weighted by molar-refractivity contribution is 8.00. The van der Waals surface area contributed by atoms with E-state index in [0.717, 1.165) is 4.90 Å². The van der Waals surface area contributed by atoms with Crippen LogP contribution < -0.4 is 10.4 Å². The first-order valence-electron chi connectivity index (χ1n) is 8.16. The van der Waals surface area contributed by atoms with Crippen LogP contribution in [-0.4, -0.2) is 52.4 Å². The number of benzene rings is 1. The van der Waals surface area contributed by atoms with Crippen molar-refractivity contribution in [1.82, 2.24) is 10.2 Å². The number of nitrogens with one attached hydrogen (secondary N) is 1. The monoisotopic (exact) mass is 400 g/mol. The summed E-state index contributed by atoms with van der Waals surface area (Å²) in [5.41, 5.74) is 0.618. The first kappa shape index (κ1) is 19.4. The summed E-state index contributed by atoms with van der Waals surface area (Å²) < 4.78 is 4.84. The lowest BCUT2D eigenvalue weighted by molar-refractivity contribution is -0.301. The number of rotatable bonds is 5. The third kappa shape index (κ3) is 3.57. The zero-order valence-electron chi connectivity index (χ0n) is 14.6. The van der Waals surface area contributed by atoms with Crippen molar-refractivity contribution in [3.05, 3.63) is 46.7 Å². The average Bonchev–Trinajstić information content (AvgIpc) is 2.69. The number of carboxylic acids is 1. The Balaban J connectivity index is 1.74. The molecule has 0 aliphatic carbocycles. The number of hydrogen-bond acceptors (Lipinski definition) is 8. The summed E-state index contributed by atoms with van der Waals surface area (Å²) in [6.07, 6.45) is 0. The summed E-state index contributed by atoms with van der Waals surface area (Å²) in [4.78, 5) is 48.4. The lowest BCUT2D eigenvalue weighted by Crippen LogP contribution is -2.71. The SMILES string of the molecule is CC(=O)OCC1=C(C(=O)[O-])N2C(=O)[C@H](NC(=O)c3ccc(C#N)cc3)[C@H]2SC1. The zero-order chi connectivity index (χ0) is 20.4. The van der Waals surface area contributed by atoms with Gasteiger partial charge >= 0.3 is 5.97 Å². The molecule has 9 nitrogen and oxygen atoms in total. The minimum absolute atomic E-state index is 0.217. The second-order valence-corrected chi connectivity index (χ2v) is 7.17. The first-order chi connectivity index (χ1) is 13.3. The van der Waals surface area contributed by atoms with E-state index in [0.29, 0.717) is 5.56 Å². The van der Waals surface area contributed by atoms with Gasteiger partial charge in [0.1, 0.15) is 18.0 Å². The van der Waals surface area contributed by atoms with Crippen LogP contribution in [0.5, 0.6) is 0 Å². The van der Waals surface area contributed by atoms with Gasteiger partial charge in [0.15, 0.2) is 0 Å². The second kappa shape index (κ2) is 7.74. The summed E-state index contributed by atoms with van der Waals surface area (Å²) >= 11 is 1.26. The molecule has 1 saturated heterocycles. The molecule has 1 fully saturated rings. The molecule has 2 aliphatic heterocycles. The Hall–Kier alpha value is -3.32. The van der Waals surface area contributed by atoms with E-state index in [-0.39, 0.29) is 29.2 Å². The lowest BCUT2D eigenvalue weighted by Gasteiger charge is -2.50. The molecule has 0 aromatic heterocycles. The van der Waals surface area contributed by atoms with E-state index >= 15 is 0 Å². The highest BCUT2D eigenvalue weighted by Gasteiger charge is 2.52. The topological polar surface area (TPSA) is 140 Å². The Kier molecular flexibility index (Phi) is 5.37.